The Kier molecular flexibility index (Phi) is 4.96. The Bertz CT molecular complexity index is 504. The standard InChI is InChI=1S/C16H23N3O2/c1-3-11(2)14(17)15(20)18-13-9-10-19(16(13)21)12-7-5-4-6-8-12/h4-8,11,13-14H,3,9-10,17H2,1-2H3,(H,18,20). The summed E-state index contributed by atoms with van der Waals surface area (Å²) in [6.45, 7) is 4.55. The largest absolute Gasteiger partial charge is 0.343 e. The van der Waals surface area contributed by atoms with E-state index < -0.39 is 12.1 Å². The van der Waals surface area contributed by atoms with Crippen LogP contribution in [0.2, 0.25) is 0 Å². The van der Waals surface area contributed by atoms with Gasteiger partial charge in [-0.2, -0.15) is 0 Å². The first-order chi connectivity index (χ1) is 10.0. The second-order valence-electron chi connectivity index (χ2n) is 5.59. The molecule has 1 aliphatic heterocycles. The van der Waals surface area contributed by atoms with E-state index in [0.29, 0.717) is 13.0 Å². The maximum absolute atomic E-state index is 12.4. The highest BCUT2D eigenvalue weighted by atomic mass is 16.2. The lowest BCUT2D eigenvalue weighted by Crippen LogP contribution is -2.50. The van der Waals surface area contributed by atoms with Gasteiger partial charge in [0.15, 0.2) is 0 Å². The summed E-state index contributed by atoms with van der Waals surface area (Å²) >= 11 is 0. The maximum Gasteiger partial charge on any atom is 0.249 e. The number of nitrogens with one attached hydrogen (secondary N) is 1. The van der Waals surface area contributed by atoms with Gasteiger partial charge in [-0.25, -0.2) is 0 Å². The molecule has 1 fully saturated rings. The van der Waals surface area contributed by atoms with Gasteiger partial charge in [0, 0.05) is 12.2 Å². The zero-order valence-electron chi connectivity index (χ0n) is 12.6. The van der Waals surface area contributed by atoms with Crippen molar-refractivity contribution < 1.29 is 9.59 Å². The van der Waals surface area contributed by atoms with E-state index in [4.69, 9.17) is 5.73 Å². The molecule has 0 radical (unpaired) electrons. The van der Waals surface area contributed by atoms with Crippen LogP contribution in [0.5, 0.6) is 0 Å². The molecule has 0 aliphatic carbocycles. The number of para-hydroxylation sites is 1. The molecule has 0 spiro atoms. The zero-order valence-corrected chi connectivity index (χ0v) is 12.6. The molecule has 1 saturated heterocycles. The molecule has 1 heterocycles. The SMILES string of the molecule is CCC(C)C(N)C(=O)NC1CCN(c2ccccc2)C1=O. The van der Waals surface area contributed by atoms with Gasteiger partial charge < -0.3 is 16.0 Å². The number of carbonyl (C=O) groups is 2. The number of carbonyl (C=O) groups excluding carboxylic acids is 2. The van der Waals surface area contributed by atoms with Gasteiger partial charge in [0.1, 0.15) is 6.04 Å². The zero-order chi connectivity index (χ0) is 15.4. The lowest BCUT2D eigenvalue weighted by molar-refractivity contribution is -0.128. The second kappa shape index (κ2) is 6.72. The normalized spacial score (nSPS) is 21.2. The highest BCUT2D eigenvalue weighted by Gasteiger charge is 2.34. The molecule has 1 aromatic carbocycles. The van der Waals surface area contributed by atoms with Crippen LogP contribution in [0.1, 0.15) is 26.7 Å². The van der Waals surface area contributed by atoms with E-state index in [9.17, 15) is 9.59 Å². The lowest BCUT2D eigenvalue weighted by atomic mass is 9.99. The second-order valence-corrected chi connectivity index (χ2v) is 5.59. The number of anilines is 1. The van der Waals surface area contributed by atoms with Gasteiger partial charge in [0.25, 0.3) is 0 Å². The van der Waals surface area contributed by atoms with E-state index >= 15 is 0 Å². The van der Waals surface area contributed by atoms with Crippen molar-refractivity contribution in [2.24, 2.45) is 11.7 Å². The van der Waals surface area contributed by atoms with Gasteiger partial charge in [0.05, 0.1) is 6.04 Å². The fraction of sp³-hybridized carbons (Fsp3) is 0.500. The summed E-state index contributed by atoms with van der Waals surface area (Å²) in [5.74, 6) is -0.199. The molecule has 5 nitrogen and oxygen atoms in total. The smallest absolute Gasteiger partial charge is 0.249 e. The number of hydrogen-bond acceptors (Lipinski definition) is 3. The molecule has 21 heavy (non-hydrogen) atoms. The minimum Gasteiger partial charge on any atom is -0.343 e. The molecule has 5 heteroatoms. The summed E-state index contributed by atoms with van der Waals surface area (Å²) in [6.07, 6.45) is 1.45. The van der Waals surface area contributed by atoms with Gasteiger partial charge in [-0.3, -0.25) is 9.59 Å². The van der Waals surface area contributed by atoms with Crippen molar-refractivity contribution in [3.8, 4) is 0 Å². The monoisotopic (exact) mass is 289 g/mol. The van der Waals surface area contributed by atoms with Crippen LogP contribution in [0.25, 0.3) is 0 Å². The summed E-state index contributed by atoms with van der Waals surface area (Å²) in [7, 11) is 0. The predicted molar refractivity (Wildman–Crippen MR) is 82.8 cm³/mol. The third-order valence-electron chi connectivity index (χ3n) is 4.15. The number of hydrogen-bond donors (Lipinski definition) is 2. The predicted octanol–water partition coefficient (Wildman–Crippen LogP) is 1.28. The molecular formula is C16H23N3O2. The molecule has 2 amide bonds. The van der Waals surface area contributed by atoms with Crippen molar-refractivity contribution in [3.05, 3.63) is 30.3 Å². The van der Waals surface area contributed by atoms with Gasteiger partial charge in [0.2, 0.25) is 11.8 Å². The van der Waals surface area contributed by atoms with Crippen LogP contribution < -0.4 is 16.0 Å². The highest BCUT2D eigenvalue weighted by molar-refractivity contribution is 6.01. The summed E-state index contributed by atoms with van der Waals surface area (Å²) in [5.41, 5.74) is 6.77. The molecule has 3 N–H and O–H groups in total. The molecule has 0 bridgehead atoms. The van der Waals surface area contributed by atoms with E-state index in [0.717, 1.165) is 12.1 Å². The van der Waals surface area contributed by atoms with E-state index in [1.165, 1.54) is 0 Å². The van der Waals surface area contributed by atoms with Crippen molar-refractivity contribution >= 4 is 17.5 Å². The fourth-order valence-electron chi connectivity index (χ4n) is 2.46. The van der Waals surface area contributed by atoms with Crippen LogP contribution in [-0.4, -0.2) is 30.4 Å². The number of nitrogens with two attached hydrogens (primary N) is 1. The van der Waals surface area contributed by atoms with Crippen LogP contribution in [0.4, 0.5) is 5.69 Å². The number of rotatable bonds is 5. The molecule has 3 atom stereocenters. The summed E-state index contributed by atoms with van der Waals surface area (Å²) < 4.78 is 0. The number of amides is 2. The maximum atomic E-state index is 12.4. The van der Waals surface area contributed by atoms with Gasteiger partial charge >= 0.3 is 0 Å². The lowest BCUT2D eigenvalue weighted by Gasteiger charge is -2.21. The van der Waals surface area contributed by atoms with Crippen LogP contribution in [-0.2, 0) is 9.59 Å². The average Bonchev–Trinajstić information content (AvgIpc) is 2.87. The van der Waals surface area contributed by atoms with Gasteiger partial charge in [-0.1, -0.05) is 38.5 Å². The molecule has 1 aromatic rings. The summed E-state index contributed by atoms with van der Waals surface area (Å²) in [5, 5.41) is 2.79. The first-order valence-electron chi connectivity index (χ1n) is 7.47. The topological polar surface area (TPSA) is 75.4 Å². The van der Waals surface area contributed by atoms with E-state index in [1.807, 2.05) is 44.2 Å². The van der Waals surface area contributed by atoms with Crippen molar-refractivity contribution in [3.63, 3.8) is 0 Å². The minimum atomic E-state index is -0.562. The number of benzene rings is 1. The van der Waals surface area contributed by atoms with Crippen LogP contribution >= 0.6 is 0 Å². The Labute approximate surface area is 125 Å². The Hall–Kier alpha value is -1.88. The Morgan fingerprint density at radius 3 is 2.71 bits per heavy atom. The molecule has 1 aliphatic rings. The van der Waals surface area contributed by atoms with E-state index in [-0.39, 0.29) is 17.7 Å². The fourth-order valence-corrected chi connectivity index (χ4v) is 2.46. The van der Waals surface area contributed by atoms with Gasteiger partial charge in [-0.15, -0.1) is 0 Å². The average molecular weight is 289 g/mol. The van der Waals surface area contributed by atoms with Crippen molar-refractivity contribution in [2.45, 2.75) is 38.8 Å². The van der Waals surface area contributed by atoms with E-state index in [1.54, 1.807) is 4.90 Å². The van der Waals surface area contributed by atoms with Crippen LogP contribution in [0.3, 0.4) is 0 Å². The van der Waals surface area contributed by atoms with Crippen molar-refractivity contribution in [1.82, 2.24) is 5.32 Å². The summed E-state index contributed by atoms with van der Waals surface area (Å²) in [4.78, 5) is 26.2. The molecule has 0 aromatic heterocycles. The first-order valence-corrected chi connectivity index (χ1v) is 7.47. The quantitative estimate of drug-likeness (QED) is 0.857. The Morgan fingerprint density at radius 1 is 1.43 bits per heavy atom. The summed E-state index contributed by atoms with van der Waals surface area (Å²) in [6, 6.07) is 8.47. The third kappa shape index (κ3) is 3.42. The van der Waals surface area contributed by atoms with Crippen molar-refractivity contribution in [2.75, 3.05) is 11.4 Å². The van der Waals surface area contributed by atoms with Gasteiger partial charge in [-0.05, 0) is 24.5 Å². The molecular weight excluding hydrogens is 266 g/mol. The van der Waals surface area contributed by atoms with E-state index in [2.05, 4.69) is 5.32 Å². The Morgan fingerprint density at radius 2 is 2.10 bits per heavy atom. The highest BCUT2D eigenvalue weighted by Crippen LogP contribution is 2.21. The van der Waals surface area contributed by atoms with Crippen LogP contribution in [0.15, 0.2) is 30.3 Å². The minimum absolute atomic E-state index is 0.0640. The third-order valence-corrected chi connectivity index (χ3v) is 4.15. The number of nitrogens with zero attached hydrogens (tertiary/aromatic N) is 1. The van der Waals surface area contributed by atoms with Crippen LogP contribution in [0, 0.1) is 5.92 Å². The molecule has 2 rings (SSSR count). The molecule has 0 saturated carbocycles. The first kappa shape index (κ1) is 15.5. The Balaban J connectivity index is 1.98. The molecule has 3 unspecified atom stereocenters. The van der Waals surface area contributed by atoms with Crippen molar-refractivity contribution in [1.29, 1.82) is 0 Å². The molecule has 114 valence electrons.